The van der Waals surface area contributed by atoms with Gasteiger partial charge >= 0.3 is 0 Å². The Morgan fingerprint density at radius 1 is 1.24 bits per heavy atom. The number of nitrogens with one attached hydrogen (secondary N) is 3. The molecule has 0 saturated heterocycles. The Labute approximate surface area is 172 Å². The summed E-state index contributed by atoms with van der Waals surface area (Å²) in [6.45, 7) is 6.02. The second-order valence-corrected chi connectivity index (χ2v) is 6.84. The molecule has 29 heavy (non-hydrogen) atoms. The van der Waals surface area contributed by atoms with Crippen molar-refractivity contribution in [2.75, 3.05) is 12.4 Å². The van der Waals surface area contributed by atoms with Crippen LogP contribution in [0, 0.1) is 11.3 Å². The molecule has 2 heterocycles. The maximum absolute atomic E-state index is 7.98. The van der Waals surface area contributed by atoms with Gasteiger partial charge in [0, 0.05) is 36.3 Å². The molecule has 0 saturated carbocycles. The van der Waals surface area contributed by atoms with Crippen molar-refractivity contribution in [3.8, 4) is 0 Å². The summed E-state index contributed by atoms with van der Waals surface area (Å²) in [5, 5.41) is 14.1. The third-order valence-corrected chi connectivity index (χ3v) is 4.79. The van der Waals surface area contributed by atoms with Gasteiger partial charge in [0.05, 0.1) is 11.0 Å². The predicted octanol–water partition coefficient (Wildman–Crippen LogP) is 3.72. The van der Waals surface area contributed by atoms with Crippen LogP contribution in [-0.4, -0.2) is 22.7 Å². The molecule has 2 aromatic heterocycles. The van der Waals surface area contributed by atoms with Crippen molar-refractivity contribution >= 4 is 28.1 Å². The van der Waals surface area contributed by atoms with E-state index >= 15 is 0 Å². The fourth-order valence-corrected chi connectivity index (χ4v) is 3.20. The van der Waals surface area contributed by atoms with Crippen LogP contribution in [0.4, 0.5) is 5.82 Å². The number of aromatic nitrogens is 2. The van der Waals surface area contributed by atoms with E-state index in [0.717, 1.165) is 40.6 Å². The second kappa shape index (κ2) is 10.3. The van der Waals surface area contributed by atoms with Crippen LogP contribution in [0.5, 0.6) is 0 Å². The zero-order chi connectivity index (χ0) is 21.4. The van der Waals surface area contributed by atoms with Crippen molar-refractivity contribution in [2.24, 2.45) is 17.4 Å². The normalized spacial score (nSPS) is 13.1. The molecule has 0 bridgehead atoms. The summed E-state index contributed by atoms with van der Waals surface area (Å²) in [4.78, 5) is 9.10. The lowest BCUT2D eigenvalue weighted by atomic mass is 9.94. The summed E-state index contributed by atoms with van der Waals surface area (Å²) < 4.78 is 0. The number of allylic oxidation sites excluding steroid dienone is 3. The predicted molar refractivity (Wildman–Crippen MR) is 122 cm³/mol. The van der Waals surface area contributed by atoms with Crippen LogP contribution >= 0.6 is 0 Å². The number of anilines is 1. The monoisotopic (exact) mass is 393 g/mol. The molecule has 7 heteroatoms. The minimum absolute atomic E-state index is 0.374. The molecule has 0 aliphatic carbocycles. The number of fused-ring (bicyclic) bond motifs is 1. The highest BCUT2D eigenvalue weighted by Crippen LogP contribution is 2.22. The Kier molecular flexibility index (Phi) is 7.77. The first-order valence-corrected chi connectivity index (χ1v) is 9.79. The van der Waals surface area contributed by atoms with Gasteiger partial charge in [-0.1, -0.05) is 13.8 Å². The van der Waals surface area contributed by atoms with E-state index in [-0.39, 0.29) is 0 Å². The van der Waals surface area contributed by atoms with Gasteiger partial charge in [-0.25, -0.2) is 4.98 Å². The highest BCUT2D eigenvalue weighted by molar-refractivity contribution is 6.21. The molecule has 0 fully saturated rings. The molecule has 0 unspecified atom stereocenters. The molecule has 0 atom stereocenters. The summed E-state index contributed by atoms with van der Waals surface area (Å²) in [5.74, 6) is 1.48. The minimum atomic E-state index is 0.374. The lowest BCUT2D eigenvalue weighted by Gasteiger charge is -2.15. The first kappa shape index (κ1) is 21.9. The highest BCUT2D eigenvalue weighted by atomic mass is 15.1. The largest absolute Gasteiger partial charge is 0.404 e. The summed E-state index contributed by atoms with van der Waals surface area (Å²) in [6.07, 6.45) is 9.02. The van der Waals surface area contributed by atoms with Crippen molar-refractivity contribution in [2.45, 2.75) is 33.6 Å². The van der Waals surface area contributed by atoms with Gasteiger partial charge in [0.2, 0.25) is 0 Å². The Hall–Kier alpha value is -3.35. The van der Waals surface area contributed by atoms with Gasteiger partial charge in [0.25, 0.3) is 0 Å². The van der Waals surface area contributed by atoms with Crippen molar-refractivity contribution in [3.05, 3.63) is 59.8 Å². The standard InChI is InChI=1S/C22H31N7/c1-5-15(6-2)16(11-23)10-21(25)29-22-8-7-19-20(28-22)9-17(12-27-19)18(13-26-4)14(3)24/h7-13,15,24,26H,5-6,23,25H2,1-4H3,(H,28,29)/b16-11+,18-13+,21-10+,24-14?. The van der Waals surface area contributed by atoms with E-state index in [1.54, 1.807) is 32.6 Å². The summed E-state index contributed by atoms with van der Waals surface area (Å²) in [7, 11) is 1.80. The molecule has 0 spiro atoms. The minimum Gasteiger partial charge on any atom is -0.404 e. The van der Waals surface area contributed by atoms with E-state index in [4.69, 9.17) is 16.9 Å². The summed E-state index contributed by atoms with van der Waals surface area (Å²) >= 11 is 0. The van der Waals surface area contributed by atoms with Crippen LogP contribution < -0.4 is 22.1 Å². The zero-order valence-electron chi connectivity index (χ0n) is 17.6. The lowest BCUT2D eigenvalue weighted by molar-refractivity contribution is 0.581. The van der Waals surface area contributed by atoms with E-state index in [9.17, 15) is 0 Å². The molecule has 154 valence electrons. The van der Waals surface area contributed by atoms with Gasteiger partial charge in [-0.2, -0.15) is 0 Å². The van der Waals surface area contributed by atoms with Crippen molar-refractivity contribution in [3.63, 3.8) is 0 Å². The molecule has 2 aromatic rings. The number of hydrogen-bond donors (Lipinski definition) is 5. The molecule has 0 radical (unpaired) electrons. The van der Waals surface area contributed by atoms with Gasteiger partial charge in [0.15, 0.2) is 0 Å². The van der Waals surface area contributed by atoms with Crippen LogP contribution in [0.2, 0.25) is 0 Å². The van der Waals surface area contributed by atoms with Gasteiger partial charge in [0.1, 0.15) is 11.6 Å². The number of rotatable bonds is 9. The maximum atomic E-state index is 7.98. The number of pyridine rings is 2. The van der Waals surface area contributed by atoms with Crippen LogP contribution in [0.3, 0.4) is 0 Å². The van der Waals surface area contributed by atoms with E-state index in [1.807, 2.05) is 24.3 Å². The van der Waals surface area contributed by atoms with Crippen LogP contribution in [0.15, 0.2) is 54.3 Å². The third kappa shape index (κ3) is 5.57. The maximum Gasteiger partial charge on any atom is 0.132 e. The summed E-state index contributed by atoms with van der Waals surface area (Å²) in [5.41, 5.74) is 16.5. The van der Waals surface area contributed by atoms with E-state index < -0.39 is 0 Å². The fourth-order valence-electron chi connectivity index (χ4n) is 3.20. The van der Waals surface area contributed by atoms with Crippen molar-refractivity contribution < 1.29 is 0 Å². The van der Waals surface area contributed by atoms with Gasteiger partial charge in [-0.3, -0.25) is 4.98 Å². The smallest absolute Gasteiger partial charge is 0.132 e. The quantitative estimate of drug-likeness (QED) is 0.326. The lowest BCUT2D eigenvalue weighted by Crippen LogP contribution is -2.13. The molecule has 7 nitrogen and oxygen atoms in total. The summed E-state index contributed by atoms with van der Waals surface area (Å²) in [6, 6.07) is 5.65. The fraction of sp³-hybridized carbons (Fsp3) is 0.318. The molecule has 2 rings (SSSR count). The second-order valence-electron chi connectivity index (χ2n) is 6.84. The van der Waals surface area contributed by atoms with Crippen LogP contribution in [-0.2, 0) is 0 Å². The Bertz CT molecular complexity index is 953. The third-order valence-electron chi connectivity index (χ3n) is 4.79. The van der Waals surface area contributed by atoms with Gasteiger partial charge in [-0.05, 0) is 61.7 Å². The molecular weight excluding hydrogens is 362 g/mol. The Balaban J connectivity index is 2.34. The van der Waals surface area contributed by atoms with Gasteiger partial charge in [-0.15, -0.1) is 0 Å². The first-order valence-electron chi connectivity index (χ1n) is 9.79. The Morgan fingerprint density at radius 2 is 1.97 bits per heavy atom. The molecule has 0 amide bonds. The van der Waals surface area contributed by atoms with Crippen LogP contribution in [0.1, 0.15) is 39.2 Å². The zero-order valence-corrected chi connectivity index (χ0v) is 17.6. The van der Waals surface area contributed by atoms with Gasteiger partial charge < -0.3 is 27.5 Å². The number of nitrogens with two attached hydrogens (primary N) is 2. The van der Waals surface area contributed by atoms with E-state index in [2.05, 4.69) is 34.4 Å². The van der Waals surface area contributed by atoms with E-state index in [1.165, 1.54) is 0 Å². The van der Waals surface area contributed by atoms with Crippen molar-refractivity contribution in [1.29, 1.82) is 5.41 Å². The average molecular weight is 394 g/mol. The Morgan fingerprint density at radius 3 is 2.55 bits per heavy atom. The molecule has 0 aliphatic heterocycles. The highest BCUT2D eigenvalue weighted by Gasteiger charge is 2.10. The average Bonchev–Trinajstić information content (AvgIpc) is 2.71. The molecule has 0 aromatic carbocycles. The van der Waals surface area contributed by atoms with Crippen molar-refractivity contribution in [1.82, 2.24) is 15.3 Å². The molecular formula is C22H31N7. The molecule has 0 aliphatic rings. The van der Waals surface area contributed by atoms with E-state index in [0.29, 0.717) is 23.3 Å². The first-order chi connectivity index (χ1) is 13.9. The topological polar surface area (TPSA) is 126 Å². The number of nitrogens with zero attached hydrogens (tertiary/aromatic N) is 2. The SMILES string of the molecule is CCC(CC)C(=C/N)/C=C(\N)Nc1ccc2ncc(/C(=C/NC)C(C)=N)cc2n1. The van der Waals surface area contributed by atoms with Crippen LogP contribution in [0.25, 0.3) is 16.6 Å². The number of hydrogen-bond acceptors (Lipinski definition) is 7. The molecule has 7 N–H and O–H groups in total.